The third kappa shape index (κ3) is 1.45. The van der Waals surface area contributed by atoms with Crippen LogP contribution in [0.4, 0.5) is 0 Å². The van der Waals surface area contributed by atoms with Crippen LogP contribution in [0.3, 0.4) is 0 Å². The van der Waals surface area contributed by atoms with E-state index < -0.39 is 4.67 Å². The first kappa shape index (κ1) is 7.28. The second-order valence-corrected chi connectivity index (χ2v) is 21.1. The van der Waals surface area contributed by atoms with Gasteiger partial charge in [-0.05, 0) is 23.0 Å². The first-order valence-corrected chi connectivity index (χ1v) is 11.8. The molecular weight excluding hydrogens is 204 g/mol. The zero-order chi connectivity index (χ0) is 6.16. The van der Waals surface area contributed by atoms with Crippen LogP contribution in [-0.4, -0.2) is 27.7 Å². The molecule has 0 N–H and O–H groups in total. The summed E-state index contributed by atoms with van der Waals surface area (Å²) in [4.78, 5) is 0. The molecule has 9 heavy (non-hydrogen) atoms. The molecular formula is C4H8S4Si. The maximum absolute atomic E-state index is 2.28. The minimum atomic E-state index is -0.802. The van der Waals surface area contributed by atoms with Crippen molar-refractivity contribution < 1.29 is 0 Å². The predicted octanol–water partition coefficient (Wildman–Crippen LogP) is 2.38. The second-order valence-electron chi connectivity index (χ2n) is 1.89. The Morgan fingerprint density at radius 3 is 1.33 bits per heavy atom. The van der Waals surface area contributed by atoms with Crippen molar-refractivity contribution in [2.24, 2.45) is 0 Å². The van der Waals surface area contributed by atoms with Gasteiger partial charge in [-0.1, -0.05) is 0 Å². The van der Waals surface area contributed by atoms with Crippen LogP contribution >= 0.6 is 44.8 Å². The van der Waals surface area contributed by atoms with Crippen LogP contribution in [0, 0.1) is 0 Å². The van der Waals surface area contributed by atoms with Crippen molar-refractivity contribution in [3.8, 4) is 0 Å². The Labute approximate surface area is 72.3 Å². The summed E-state index contributed by atoms with van der Waals surface area (Å²) in [5.41, 5.74) is 0. The molecule has 0 aromatic heterocycles. The summed E-state index contributed by atoms with van der Waals surface area (Å²) >= 11 is 9.12. The van der Waals surface area contributed by atoms with E-state index in [1.165, 1.54) is 23.0 Å². The first-order valence-electron chi connectivity index (χ1n) is 2.97. The number of hydrogen-bond donors (Lipinski definition) is 0. The number of hydrogen-bond acceptors (Lipinski definition) is 4. The second kappa shape index (κ2) is 2.93. The molecule has 1 spiro atoms. The van der Waals surface area contributed by atoms with Crippen molar-refractivity contribution in [3.63, 3.8) is 0 Å². The molecule has 0 radical (unpaired) electrons. The smallest absolute Gasteiger partial charge is 0.151 e. The van der Waals surface area contributed by atoms with Gasteiger partial charge in [0.2, 0.25) is 0 Å². The molecule has 2 rings (SSSR count). The minimum Gasteiger partial charge on any atom is -0.151 e. The van der Waals surface area contributed by atoms with Gasteiger partial charge in [-0.15, -0.1) is 0 Å². The van der Waals surface area contributed by atoms with Crippen molar-refractivity contribution in [2.75, 3.05) is 23.0 Å². The van der Waals surface area contributed by atoms with Gasteiger partial charge in [0.15, 0.2) is 0 Å². The van der Waals surface area contributed by atoms with E-state index in [1.807, 2.05) is 0 Å². The van der Waals surface area contributed by atoms with Crippen molar-refractivity contribution in [2.45, 2.75) is 0 Å². The minimum absolute atomic E-state index is 0.802. The lowest BCUT2D eigenvalue weighted by Gasteiger charge is -2.12. The van der Waals surface area contributed by atoms with Gasteiger partial charge < -0.3 is 0 Å². The summed E-state index contributed by atoms with van der Waals surface area (Å²) in [7, 11) is 0. The molecule has 52 valence electrons. The molecule has 2 aliphatic heterocycles. The lowest BCUT2D eigenvalue weighted by atomic mass is 11.0. The van der Waals surface area contributed by atoms with Gasteiger partial charge in [-0.3, -0.25) is 0 Å². The average molecular weight is 212 g/mol. The largest absolute Gasteiger partial charge is 0.300 e. The van der Waals surface area contributed by atoms with Crippen LogP contribution in [0.15, 0.2) is 0 Å². The standard InChI is InChI=1S/C4H8S4Si/c1-2-6-9(5-1)7-3-4-8-9/h1-4H2. The summed E-state index contributed by atoms with van der Waals surface area (Å²) in [6.45, 7) is 0. The SMILES string of the molecule is C1CS[Si]2(S1)SCCS2. The van der Waals surface area contributed by atoms with Crippen LogP contribution in [0.2, 0.25) is 0 Å². The van der Waals surface area contributed by atoms with E-state index in [0.29, 0.717) is 0 Å². The fourth-order valence-electron chi connectivity index (χ4n) is 0.917. The highest BCUT2D eigenvalue weighted by molar-refractivity contribution is 9.01. The maximum atomic E-state index is 2.28. The van der Waals surface area contributed by atoms with Crippen molar-refractivity contribution in [1.29, 1.82) is 0 Å². The molecule has 0 nitrogen and oxygen atoms in total. The molecule has 2 aliphatic rings. The Morgan fingerprint density at radius 2 is 1.00 bits per heavy atom. The molecule has 0 bridgehead atoms. The monoisotopic (exact) mass is 212 g/mol. The van der Waals surface area contributed by atoms with Crippen LogP contribution in [0.5, 0.6) is 0 Å². The van der Waals surface area contributed by atoms with Gasteiger partial charge in [0.25, 0.3) is 0 Å². The van der Waals surface area contributed by atoms with Crippen LogP contribution in [0.25, 0.3) is 0 Å². The Morgan fingerprint density at radius 1 is 0.667 bits per heavy atom. The van der Waals surface area contributed by atoms with Crippen LogP contribution in [-0.2, 0) is 0 Å². The Bertz CT molecular complexity index is 87.6. The van der Waals surface area contributed by atoms with E-state index >= 15 is 0 Å². The highest BCUT2D eigenvalue weighted by Crippen LogP contribution is 2.57. The van der Waals surface area contributed by atoms with Gasteiger partial charge >= 0.3 is 4.67 Å². The average Bonchev–Trinajstić information content (AvgIpc) is 2.45. The normalized spacial score (nSPS) is 32.0. The molecule has 0 unspecified atom stereocenters. The summed E-state index contributed by atoms with van der Waals surface area (Å²) in [6.07, 6.45) is 0. The summed E-state index contributed by atoms with van der Waals surface area (Å²) < 4.78 is -0.802. The maximum Gasteiger partial charge on any atom is 0.300 e. The lowest BCUT2D eigenvalue weighted by molar-refractivity contribution is 1.59. The van der Waals surface area contributed by atoms with Crippen molar-refractivity contribution >= 4 is 49.5 Å². The zero-order valence-corrected chi connectivity index (χ0v) is 9.23. The van der Waals surface area contributed by atoms with Gasteiger partial charge in [-0.2, -0.15) is 44.8 Å². The highest BCUT2D eigenvalue weighted by atomic mass is 32.9. The fourth-order valence-corrected chi connectivity index (χ4v) is 24.7. The van der Waals surface area contributed by atoms with E-state index in [4.69, 9.17) is 0 Å². The summed E-state index contributed by atoms with van der Waals surface area (Å²) in [6, 6.07) is 0. The van der Waals surface area contributed by atoms with E-state index in [0.717, 1.165) is 0 Å². The lowest BCUT2D eigenvalue weighted by Crippen LogP contribution is -2.07. The molecule has 5 heteroatoms. The first-order chi connectivity index (χ1) is 4.41. The van der Waals surface area contributed by atoms with Crippen molar-refractivity contribution in [1.82, 2.24) is 0 Å². The third-order valence-electron chi connectivity index (χ3n) is 1.28. The highest BCUT2D eigenvalue weighted by Gasteiger charge is 2.43. The fraction of sp³-hybridized carbons (Fsp3) is 1.00. The van der Waals surface area contributed by atoms with E-state index in [2.05, 4.69) is 44.8 Å². The quantitative estimate of drug-likeness (QED) is 0.565. The molecule has 0 aromatic carbocycles. The van der Waals surface area contributed by atoms with Gasteiger partial charge in [-0.25, -0.2) is 0 Å². The number of rotatable bonds is 0. The Balaban J connectivity index is 2.04. The van der Waals surface area contributed by atoms with Gasteiger partial charge in [0.1, 0.15) is 0 Å². The molecule has 2 saturated heterocycles. The van der Waals surface area contributed by atoms with Gasteiger partial charge in [0.05, 0.1) is 0 Å². The van der Waals surface area contributed by atoms with E-state index in [9.17, 15) is 0 Å². The molecule has 0 aliphatic carbocycles. The molecule has 0 aromatic rings. The molecule has 2 heterocycles. The Kier molecular flexibility index (Phi) is 2.37. The Hall–Kier alpha value is 1.62. The van der Waals surface area contributed by atoms with Gasteiger partial charge in [0, 0.05) is 0 Å². The molecule has 0 saturated carbocycles. The topological polar surface area (TPSA) is 0 Å². The van der Waals surface area contributed by atoms with E-state index in [-0.39, 0.29) is 0 Å². The summed E-state index contributed by atoms with van der Waals surface area (Å²) in [5, 5.41) is 0. The summed E-state index contributed by atoms with van der Waals surface area (Å²) in [5.74, 6) is 5.71. The predicted molar refractivity (Wildman–Crippen MR) is 55.6 cm³/mol. The van der Waals surface area contributed by atoms with Crippen molar-refractivity contribution in [3.05, 3.63) is 0 Å². The zero-order valence-electron chi connectivity index (χ0n) is 4.96. The molecule has 2 fully saturated rings. The van der Waals surface area contributed by atoms with Crippen LogP contribution in [0.1, 0.15) is 0 Å². The third-order valence-corrected chi connectivity index (χ3v) is 24.3. The molecule has 0 atom stereocenters. The molecule has 0 amide bonds. The van der Waals surface area contributed by atoms with Crippen LogP contribution < -0.4 is 0 Å². The van der Waals surface area contributed by atoms with E-state index in [1.54, 1.807) is 0 Å².